The highest BCUT2D eigenvalue weighted by Gasteiger charge is 2.16. The number of rotatable bonds is 7. The summed E-state index contributed by atoms with van der Waals surface area (Å²) in [5, 5.41) is 0. The lowest BCUT2D eigenvalue weighted by Gasteiger charge is -2.19. The molecular weight excluding hydrogens is 342 g/mol. The lowest BCUT2D eigenvalue weighted by molar-refractivity contribution is 0.322. The zero-order valence-corrected chi connectivity index (χ0v) is 16.3. The van der Waals surface area contributed by atoms with E-state index in [9.17, 15) is 8.42 Å². The summed E-state index contributed by atoms with van der Waals surface area (Å²) in [5.41, 5.74) is 1.24. The molecule has 0 saturated carbocycles. The van der Waals surface area contributed by atoms with Gasteiger partial charge in [-0.15, -0.1) is 11.3 Å². The second kappa shape index (κ2) is 7.68. The smallest absolute Gasteiger partial charge is 0.250 e. The van der Waals surface area contributed by atoms with Crippen LogP contribution < -0.4 is 9.46 Å². The van der Waals surface area contributed by atoms with Crippen molar-refractivity contribution in [1.29, 1.82) is 0 Å². The Labute approximate surface area is 148 Å². The van der Waals surface area contributed by atoms with E-state index in [0.29, 0.717) is 10.8 Å². The molecule has 1 aromatic heterocycles. The van der Waals surface area contributed by atoms with Crippen LogP contribution in [0.15, 0.2) is 40.6 Å². The standard InChI is InChI=1S/C18H25NO3S2/c1-5-16-9-10-17(23-16)24(20,21)19-11-12-22-15-8-6-7-14(13-15)18(2,3)4/h6-10,13,19H,5,11-12H2,1-4H3. The summed E-state index contributed by atoms with van der Waals surface area (Å²) in [6.07, 6.45) is 0.841. The first-order chi connectivity index (χ1) is 11.2. The van der Waals surface area contributed by atoms with E-state index in [1.54, 1.807) is 6.07 Å². The maximum absolute atomic E-state index is 12.2. The molecular formula is C18H25NO3S2. The van der Waals surface area contributed by atoms with Crippen LogP contribution in [0.2, 0.25) is 0 Å². The Kier molecular flexibility index (Phi) is 6.06. The number of benzene rings is 1. The molecule has 1 aromatic carbocycles. The maximum Gasteiger partial charge on any atom is 0.250 e. The molecule has 0 fully saturated rings. The molecule has 4 nitrogen and oxygen atoms in total. The van der Waals surface area contributed by atoms with E-state index in [2.05, 4.69) is 31.6 Å². The Morgan fingerprint density at radius 1 is 1.17 bits per heavy atom. The molecule has 2 aromatic rings. The third-order valence-electron chi connectivity index (χ3n) is 3.61. The van der Waals surface area contributed by atoms with Crippen molar-refractivity contribution in [3.05, 3.63) is 46.8 Å². The number of hydrogen-bond donors (Lipinski definition) is 1. The summed E-state index contributed by atoms with van der Waals surface area (Å²) in [6.45, 7) is 8.97. The van der Waals surface area contributed by atoms with E-state index in [1.165, 1.54) is 16.9 Å². The van der Waals surface area contributed by atoms with E-state index in [-0.39, 0.29) is 12.0 Å². The first-order valence-corrected chi connectivity index (χ1v) is 10.3. The monoisotopic (exact) mass is 367 g/mol. The Morgan fingerprint density at radius 3 is 2.54 bits per heavy atom. The molecule has 0 aliphatic heterocycles. The van der Waals surface area contributed by atoms with Crippen molar-refractivity contribution in [2.24, 2.45) is 0 Å². The molecule has 132 valence electrons. The van der Waals surface area contributed by atoms with Gasteiger partial charge in [0.25, 0.3) is 0 Å². The Morgan fingerprint density at radius 2 is 1.92 bits per heavy atom. The molecule has 0 spiro atoms. The molecule has 6 heteroatoms. The minimum absolute atomic E-state index is 0.0527. The third kappa shape index (κ3) is 5.06. The van der Waals surface area contributed by atoms with Crippen LogP contribution in [0, 0.1) is 0 Å². The van der Waals surface area contributed by atoms with E-state index >= 15 is 0 Å². The fraction of sp³-hybridized carbons (Fsp3) is 0.444. The quantitative estimate of drug-likeness (QED) is 0.754. The Hall–Kier alpha value is -1.37. The molecule has 2 rings (SSSR count). The lowest BCUT2D eigenvalue weighted by atomic mass is 9.87. The molecule has 24 heavy (non-hydrogen) atoms. The normalized spacial score (nSPS) is 12.3. The minimum atomic E-state index is -3.45. The molecule has 0 unspecified atom stereocenters. The zero-order valence-electron chi connectivity index (χ0n) is 14.6. The van der Waals surface area contributed by atoms with Crippen molar-refractivity contribution >= 4 is 21.4 Å². The Bertz CT molecular complexity index is 774. The lowest BCUT2D eigenvalue weighted by Crippen LogP contribution is -2.27. The highest BCUT2D eigenvalue weighted by molar-refractivity contribution is 7.91. The van der Waals surface area contributed by atoms with Gasteiger partial charge in [-0.05, 0) is 41.7 Å². The van der Waals surface area contributed by atoms with Crippen LogP contribution in [-0.4, -0.2) is 21.6 Å². The first kappa shape index (κ1) is 19.0. The second-order valence-electron chi connectivity index (χ2n) is 6.60. The van der Waals surface area contributed by atoms with Crippen LogP contribution in [0.25, 0.3) is 0 Å². The van der Waals surface area contributed by atoms with Gasteiger partial charge in [-0.3, -0.25) is 0 Å². The van der Waals surface area contributed by atoms with E-state index in [0.717, 1.165) is 17.0 Å². The highest BCUT2D eigenvalue weighted by Crippen LogP contribution is 2.25. The van der Waals surface area contributed by atoms with Crippen LogP contribution in [0.1, 0.15) is 38.1 Å². The van der Waals surface area contributed by atoms with E-state index in [1.807, 2.05) is 31.2 Å². The number of nitrogens with one attached hydrogen (secondary N) is 1. The molecule has 0 saturated heterocycles. The van der Waals surface area contributed by atoms with Crippen LogP contribution in [0.3, 0.4) is 0 Å². The summed E-state index contributed by atoms with van der Waals surface area (Å²) in [7, 11) is -3.45. The minimum Gasteiger partial charge on any atom is -0.492 e. The molecule has 0 radical (unpaired) electrons. The molecule has 0 atom stereocenters. The molecule has 0 bridgehead atoms. The molecule has 1 N–H and O–H groups in total. The van der Waals surface area contributed by atoms with Crippen LogP contribution in [0.4, 0.5) is 0 Å². The number of hydrogen-bond acceptors (Lipinski definition) is 4. The van der Waals surface area contributed by atoms with Gasteiger partial charge >= 0.3 is 0 Å². The molecule has 0 aliphatic carbocycles. The van der Waals surface area contributed by atoms with Crippen molar-refractivity contribution in [2.75, 3.05) is 13.2 Å². The fourth-order valence-corrected chi connectivity index (χ4v) is 4.51. The van der Waals surface area contributed by atoms with E-state index in [4.69, 9.17) is 4.74 Å². The number of aryl methyl sites for hydroxylation is 1. The van der Waals surface area contributed by atoms with Gasteiger partial charge in [0.15, 0.2) is 0 Å². The van der Waals surface area contributed by atoms with Gasteiger partial charge in [-0.25, -0.2) is 13.1 Å². The SMILES string of the molecule is CCc1ccc(S(=O)(=O)NCCOc2cccc(C(C)(C)C)c2)s1. The summed E-state index contributed by atoms with van der Waals surface area (Å²) < 4.78 is 33.0. The Balaban J connectivity index is 1.89. The predicted molar refractivity (Wildman–Crippen MR) is 99.5 cm³/mol. The number of ether oxygens (including phenoxy) is 1. The second-order valence-corrected chi connectivity index (χ2v) is 9.76. The van der Waals surface area contributed by atoms with Crippen molar-refractivity contribution in [3.63, 3.8) is 0 Å². The summed E-state index contributed by atoms with van der Waals surface area (Å²) in [6, 6.07) is 11.4. The average molecular weight is 368 g/mol. The zero-order chi connectivity index (χ0) is 17.8. The first-order valence-electron chi connectivity index (χ1n) is 8.04. The van der Waals surface area contributed by atoms with Gasteiger partial charge in [0, 0.05) is 11.4 Å². The average Bonchev–Trinajstić information content (AvgIpc) is 3.01. The molecule has 0 amide bonds. The van der Waals surface area contributed by atoms with Crippen molar-refractivity contribution < 1.29 is 13.2 Å². The number of sulfonamides is 1. The summed E-state index contributed by atoms with van der Waals surface area (Å²) in [5.74, 6) is 0.756. The van der Waals surface area contributed by atoms with Gasteiger partial charge in [0.05, 0.1) is 0 Å². The van der Waals surface area contributed by atoms with Crippen molar-refractivity contribution in [2.45, 2.75) is 43.7 Å². The van der Waals surface area contributed by atoms with Crippen LogP contribution in [0.5, 0.6) is 5.75 Å². The van der Waals surface area contributed by atoms with E-state index < -0.39 is 10.0 Å². The fourth-order valence-electron chi connectivity index (χ4n) is 2.16. The highest BCUT2D eigenvalue weighted by atomic mass is 32.2. The van der Waals surface area contributed by atoms with Gasteiger partial charge in [-0.2, -0.15) is 0 Å². The molecule has 0 aliphatic rings. The van der Waals surface area contributed by atoms with Crippen LogP contribution >= 0.6 is 11.3 Å². The largest absolute Gasteiger partial charge is 0.492 e. The van der Waals surface area contributed by atoms with Crippen LogP contribution in [-0.2, 0) is 21.9 Å². The topological polar surface area (TPSA) is 55.4 Å². The van der Waals surface area contributed by atoms with Crippen molar-refractivity contribution in [3.8, 4) is 5.75 Å². The summed E-state index contributed by atoms with van der Waals surface area (Å²) in [4.78, 5) is 1.06. The molecule has 1 heterocycles. The van der Waals surface area contributed by atoms with Gasteiger partial charge in [0.1, 0.15) is 16.6 Å². The van der Waals surface area contributed by atoms with Gasteiger partial charge in [-0.1, -0.05) is 39.8 Å². The number of thiophene rings is 1. The maximum atomic E-state index is 12.2. The van der Waals surface area contributed by atoms with Gasteiger partial charge in [0.2, 0.25) is 10.0 Å². The predicted octanol–water partition coefficient (Wildman–Crippen LogP) is 3.97. The summed E-state index contributed by atoms with van der Waals surface area (Å²) >= 11 is 1.31. The van der Waals surface area contributed by atoms with Crippen molar-refractivity contribution in [1.82, 2.24) is 4.72 Å². The van der Waals surface area contributed by atoms with Gasteiger partial charge < -0.3 is 4.74 Å². The third-order valence-corrected chi connectivity index (χ3v) is 6.80.